The first kappa shape index (κ1) is 19.9. The fourth-order valence-electron chi connectivity index (χ4n) is 2.88. The highest BCUT2D eigenvalue weighted by Gasteiger charge is 2.20. The Morgan fingerprint density at radius 3 is 2.50 bits per heavy atom. The first-order valence-electron chi connectivity index (χ1n) is 9.20. The summed E-state index contributed by atoms with van der Waals surface area (Å²) in [6, 6.07) is 18.1. The molecule has 0 aliphatic carbocycles. The molecular formula is C21H24N4O2S. The quantitative estimate of drug-likeness (QED) is 0.559. The Balaban J connectivity index is 1.83. The van der Waals surface area contributed by atoms with E-state index in [1.807, 2.05) is 34.9 Å². The van der Waals surface area contributed by atoms with Gasteiger partial charge in [-0.25, -0.2) is 0 Å². The highest BCUT2D eigenvalue weighted by molar-refractivity contribution is 7.99. The number of carbonyl (C=O) groups is 1. The summed E-state index contributed by atoms with van der Waals surface area (Å²) in [5, 5.41) is 9.22. The number of nitrogens with two attached hydrogens (primary N) is 1. The minimum Gasteiger partial charge on any atom is -0.486 e. The molecular weight excluding hydrogens is 372 g/mol. The van der Waals surface area contributed by atoms with Gasteiger partial charge in [0.05, 0.1) is 11.8 Å². The number of rotatable bonds is 9. The van der Waals surface area contributed by atoms with E-state index in [0.29, 0.717) is 11.0 Å². The van der Waals surface area contributed by atoms with Gasteiger partial charge in [0.2, 0.25) is 5.91 Å². The van der Waals surface area contributed by atoms with Crippen LogP contribution in [0.2, 0.25) is 0 Å². The minimum atomic E-state index is -0.388. The van der Waals surface area contributed by atoms with Gasteiger partial charge in [-0.05, 0) is 36.6 Å². The van der Waals surface area contributed by atoms with E-state index in [0.717, 1.165) is 17.7 Å². The highest BCUT2D eigenvalue weighted by atomic mass is 32.2. The number of aromatic nitrogens is 3. The topological polar surface area (TPSA) is 83.0 Å². The van der Waals surface area contributed by atoms with E-state index in [4.69, 9.17) is 10.5 Å². The van der Waals surface area contributed by atoms with Gasteiger partial charge in [0.25, 0.3) is 0 Å². The monoisotopic (exact) mass is 396 g/mol. The molecule has 0 spiro atoms. The first-order chi connectivity index (χ1) is 13.6. The fraction of sp³-hybridized carbons (Fsp3) is 0.286. The van der Waals surface area contributed by atoms with Gasteiger partial charge in [0.1, 0.15) is 12.4 Å². The summed E-state index contributed by atoms with van der Waals surface area (Å²) in [7, 11) is 0. The zero-order chi connectivity index (χ0) is 19.9. The smallest absolute Gasteiger partial charge is 0.227 e. The molecule has 3 aromatic rings. The lowest BCUT2D eigenvalue weighted by molar-refractivity contribution is -0.115. The number of carbonyl (C=O) groups excluding carboxylic acids is 1. The number of aryl methyl sites for hydroxylation is 1. The zero-order valence-electron chi connectivity index (χ0n) is 16.0. The molecule has 146 valence electrons. The first-order valence-corrected chi connectivity index (χ1v) is 10.2. The largest absolute Gasteiger partial charge is 0.486 e. The molecule has 0 saturated heterocycles. The SMILES string of the molecule is CCc1ccc(OCc2nnc(SCC(N)=O)n2C(C)c2ccccc2)cc1. The average molecular weight is 397 g/mol. The van der Waals surface area contributed by atoms with Gasteiger partial charge in [-0.3, -0.25) is 9.36 Å². The summed E-state index contributed by atoms with van der Waals surface area (Å²) in [4.78, 5) is 11.2. The van der Waals surface area contributed by atoms with Crippen LogP contribution in [0.5, 0.6) is 5.75 Å². The highest BCUT2D eigenvalue weighted by Crippen LogP contribution is 2.27. The van der Waals surface area contributed by atoms with Crippen molar-refractivity contribution in [2.24, 2.45) is 5.73 Å². The maximum absolute atomic E-state index is 11.2. The van der Waals surface area contributed by atoms with E-state index in [1.54, 1.807) is 0 Å². The summed E-state index contributed by atoms with van der Waals surface area (Å²) in [5.41, 5.74) is 7.69. The van der Waals surface area contributed by atoms with E-state index >= 15 is 0 Å². The lowest BCUT2D eigenvalue weighted by Crippen LogP contribution is -2.16. The maximum Gasteiger partial charge on any atom is 0.227 e. The molecule has 1 unspecified atom stereocenters. The third-order valence-corrected chi connectivity index (χ3v) is 5.41. The van der Waals surface area contributed by atoms with Gasteiger partial charge >= 0.3 is 0 Å². The van der Waals surface area contributed by atoms with E-state index in [-0.39, 0.29) is 24.3 Å². The number of benzene rings is 2. The van der Waals surface area contributed by atoms with E-state index < -0.39 is 0 Å². The van der Waals surface area contributed by atoms with Gasteiger partial charge < -0.3 is 10.5 Å². The lowest BCUT2D eigenvalue weighted by Gasteiger charge is -2.18. The Morgan fingerprint density at radius 2 is 1.86 bits per heavy atom. The second kappa shape index (κ2) is 9.41. The Bertz CT molecular complexity index is 910. The van der Waals surface area contributed by atoms with Crippen molar-refractivity contribution in [3.8, 4) is 5.75 Å². The second-order valence-electron chi connectivity index (χ2n) is 6.40. The number of amides is 1. The Kier molecular flexibility index (Phi) is 6.71. The molecule has 1 heterocycles. The van der Waals surface area contributed by atoms with Crippen LogP contribution in [-0.2, 0) is 17.8 Å². The van der Waals surface area contributed by atoms with Crippen molar-refractivity contribution in [3.63, 3.8) is 0 Å². The predicted molar refractivity (Wildman–Crippen MR) is 110 cm³/mol. The van der Waals surface area contributed by atoms with Crippen molar-refractivity contribution in [2.75, 3.05) is 5.75 Å². The van der Waals surface area contributed by atoms with Crippen molar-refractivity contribution in [3.05, 3.63) is 71.5 Å². The van der Waals surface area contributed by atoms with Crippen LogP contribution in [0.25, 0.3) is 0 Å². The summed E-state index contributed by atoms with van der Waals surface area (Å²) in [6.45, 7) is 4.48. The van der Waals surface area contributed by atoms with Gasteiger partial charge in [-0.15, -0.1) is 10.2 Å². The third-order valence-electron chi connectivity index (χ3n) is 4.45. The molecule has 0 saturated carbocycles. The standard InChI is InChI=1S/C21H24N4O2S/c1-3-16-9-11-18(12-10-16)27-13-20-23-24-21(28-14-19(22)26)25(20)15(2)17-7-5-4-6-8-17/h4-12,15H,3,13-14H2,1-2H3,(H2,22,26). The predicted octanol–water partition coefficient (Wildman–Crippen LogP) is 3.61. The normalized spacial score (nSPS) is 11.9. The number of ether oxygens (including phenoxy) is 1. The van der Waals surface area contributed by atoms with Gasteiger partial charge in [0, 0.05) is 0 Å². The third kappa shape index (κ3) is 4.92. The number of hydrogen-bond donors (Lipinski definition) is 1. The van der Waals surface area contributed by atoms with Crippen molar-refractivity contribution in [2.45, 2.75) is 38.1 Å². The van der Waals surface area contributed by atoms with Gasteiger partial charge in [-0.2, -0.15) is 0 Å². The molecule has 2 N–H and O–H groups in total. The minimum absolute atomic E-state index is 0.00681. The van der Waals surface area contributed by atoms with Crippen LogP contribution in [0.4, 0.5) is 0 Å². The molecule has 1 atom stereocenters. The summed E-state index contributed by atoms with van der Waals surface area (Å²) >= 11 is 1.28. The molecule has 0 aliphatic heterocycles. The molecule has 0 aliphatic rings. The summed E-state index contributed by atoms with van der Waals surface area (Å²) < 4.78 is 7.94. The molecule has 6 nitrogen and oxygen atoms in total. The zero-order valence-corrected chi connectivity index (χ0v) is 16.9. The van der Waals surface area contributed by atoms with Crippen LogP contribution in [-0.4, -0.2) is 26.4 Å². The van der Waals surface area contributed by atoms with Gasteiger partial charge in [-0.1, -0.05) is 61.2 Å². The van der Waals surface area contributed by atoms with Crippen LogP contribution in [0, 0.1) is 0 Å². The van der Waals surface area contributed by atoms with Crippen LogP contribution in [0.3, 0.4) is 0 Å². The fourth-order valence-corrected chi connectivity index (χ4v) is 3.65. The van der Waals surface area contributed by atoms with Crippen molar-refractivity contribution < 1.29 is 9.53 Å². The van der Waals surface area contributed by atoms with Crippen molar-refractivity contribution in [1.29, 1.82) is 0 Å². The maximum atomic E-state index is 11.2. The Labute approximate surface area is 169 Å². The molecule has 2 aromatic carbocycles. The Hall–Kier alpha value is -2.80. The Morgan fingerprint density at radius 1 is 1.14 bits per heavy atom. The molecule has 0 bridgehead atoms. The molecule has 0 fully saturated rings. The van der Waals surface area contributed by atoms with E-state index in [2.05, 4.69) is 48.3 Å². The molecule has 3 rings (SSSR count). The summed E-state index contributed by atoms with van der Waals surface area (Å²) in [5.74, 6) is 1.24. The number of thioether (sulfide) groups is 1. The summed E-state index contributed by atoms with van der Waals surface area (Å²) in [6.07, 6.45) is 0.990. The molecule has 7 heteroatoms. The second-order valence-corrected chi connectivity index (χ2v) is 7.34. The lowest BCUT2D eigenvalue weighted by atomic mass is 10.1. The van der Waals surface area contributed by atoms with Crippen molar-refractivity contribution in [1.82, 2.24) is 14.8 Å². The molecule has 0 radical (unpaired) electrons. The van der Waals surface area contributed by atoms with Crippen LogP contribution < -0.4 is 10.5 Å². The molecule has 1 amide bonds. The average Bonchev–Trinajstić information content (AvgIpc) is 3.14. The number of nitrogens with zero attached hydrogens (tertiary/aromatic N) is 3. The van der Waals surface area contributed by atoms with E-state index in [1.165, 1.54) is 17.3 Å². The van der Waals surface area contributed by atoms with Crippen LogP contribution in [0.1, 0.15) is 36.8 Å². The number of primary amides is 1. The van der Waals surface area contributed by atoms with Crippen LogP contribution >= 0.6 is 11.8 Å². The van der Waals surface area contributed by atoms with Crippen LogP contribution in [0.15, 0.2) is 59.8 Å². The number of hydrogen-bond acceptors (Lipinski definition) is 5. The van der Waals surface area contributed by atoms with E-state index in [9.17, 15) is 4.79 Å². The molecule has 28 heavy (non-hydrogen) atoms. The molecule has 1 aromatic heterocycles. The van der Waals surface area contributed by atoms with Crippen molar-refractivity contribution >= 4 is 17.7 Å². The van der Waals surface area contributed by atoms with Gasteiger partial charge in [0.15, 0.2) is 11.0 Å².